The predicted octanol–water partition coefficient (Wildman–Crippen LogP) is 1.42. The van der Waals surface area contributed by atoms with Crippen molar-refractivity contribution in [2.75, 3.05) is 33.4 Å². The first-order valence-corrected chi connectivity index (χ1v) is 7.43. The summed E-state index contributed by atoms with van der Waals surface area (Å²) in [4.78, 5) is 14.3. The highest BCUT2D eigenvalue weighted by atomic mass is 16.5. The Bertz CT molecular complexity index is 465. The summed E-state index contributed by atoms with van der Waals surface area (Å²) in [5.41, 5.74) is 1.13. The Hall–Kier alpha value is -1.59. The minimum absolute atomic E-state index is 0.0606. The van der Waals surface area contributed by atoms with Gasteiger partial charge in [-0.05, 0) is 19.4 Å². The Morgan fingerprint density at radius 1 is 1.48 bits per heavy atom. The van der Waals surface area contributed by atoms with Gasteiger partial charge in [-0.2, -0.15) is 0 Å². The molecule has 0 spiro atoms. The van der Waals surface area contributed by atoms with E-state index in [4.69, 9.17) is 9.47 Å². The lowest BCUT2D eigenvalue weighted by Crippen LogP contribution is -2.45. The van der Waals surface area contributed by atoms with Gasteiger partial charge in [0.25, 0.3) is 0 Å². The fraction of sp³-hybridized carbons (Fsp3) is 0.562. The number of para-hydroxylation sites is 1. The number of nitrogens with one attached hydrogen (secondary N) is 1. The lowest BCUT2D eigenvalue weighted by Gasteiger charge is -2.26. The smallest absolute Gasteiger partial charge is 0.237 e. The van der Waals surface area contributed by atoms with Crippen molar-refractivity contribution >= 4 is 5.91 Å². The first-order chi connectivity index (χ1) is 10.2. The van der Waals surface area contributed by atoms with Crippen LogP contribution < -0.4 is 10.1 Å². The topological polar surface area (TPSA) is 50.8 Å². The maximum Gasteiger partial charge on any atom is 0.237 e. The lowest BCUT2D eigenvalue weighted by atomic mass is 10.1. The number of benzene rings is 1. The van der Waals surface area contributed by atoms with Crippen LogP contribution in [0.2, 0.25) is 0 Å². The van der Waals surface area contributed by atoms with Crippen LogP contribution in [0.5, 0.6) is 5.75 Å². The monoisotopic (exact) mass is 292 g/mol. The van der Waals surface area contributed by atoms with Gasteiger partial charge in [-0.15, -0.1) is 0 Å². The van der Waals surface area contributed by atoms with Gasteiger partial charge in [0.05, 0.1) is 6.04 Å². The third-order valence-electron chi connectivity index (χ3n) is 3.73. The van der Waals surface area contributed by atoms with Crippen LogP contribution >= 0.6 is 0 Å². The van der Waals surface area contributed by atoms with Gasteiger partial charge in [-0.3, -0.25) is 9.69 Å². The normalized spacial score (nSPS) is 16.5. The highest BCUT2D eigenvalue weighted by molar-refractivity contribution is 5.81. The van der Waals surface area contributed by atoms with Gasteiger partial charge < -0.3 is 14.8 Å². The molecule has 0 radical (unpaired) electrons. The Morgan fingerprint density at radius 3 is 3.10 bits per heavy atom. The van der Waals surface area contributed by atoms with Gasteiger partial charge in [-0.25, -0.2) is 0 Å². The van der Waals surface area contributed by atoms with Crippen molar-refractivity contribution in [2.24, 2.45) is 0 Å². The van der Waals surface area contributed by atoms with Gasteiger partial charge >= 0.3 is 0 Å². The van der Waals surface area contributed by atoms with Crippen LogP contribution in [0.1, 0.15) is 18.9 Å². The van der Waals surface area contributed by atoms with Gasteiger partial charge in [0, 0.05) is 38.9 Å². The number of carbonyl (C=O) groups is 1. The summed E-state index contributed by atoms with van der Waals surface area (Å²) in [5.74, 6) is 0.984. The molecule has 5 nitrogen and oxygen atoms in total. The summed E-state index contributed by atoms with van der Waals surface area (Å²) in [6.07, 6.45) is 0.834. The molecule has 0 unspecified atom stereocenters. The highest BCUT2D eigenvalue weighted by Crippen LogP contribution is 2.23. The second-order valence-electron chi connectivity index (χ2n) is 5.24. The van der Waals surface area contributed by atoms with Crippen molar-refractivity contribution < 1.29 is 14.3 Å². The molecule has 0 fully saturated rings. The van der Waals surface area contributed by atoms with E-state index in [2.05, 4.69) is 16.3 Å². The van der Waals surface area contributed by atoms with Crippen LogP contribution in [0, 0.1) is 0 Å². The molecule has 1 atom stereocenters. The molecule has 1 aromatic rings. The molecule has 1 aliphatic heterocycles. The van der Waals surface area contributed by atoms with Crippen LogP contribution in [-0.4, -0.2) is 50.3 Å². The molecule has 1 N–H and O–H groups in total. The zero-order chi connectivity index (χ0) is 15.1. The molecule has 0 saturated heterocycles. The molecular formula is C16H24N2O3. The SMILES string of the molecule is COCCCNC(=O)[C@H](C)N1CCOc2ccccc2C1. The van der Waals surface area contributed by atoms with Crippen molar-refractivity contribution in [1.82, 2.24) is 10.2 Å². The molecular weight excluding hydrogens is 268 g/mol. The number of nitrogens with zero attached hydrogens (tertiary/aromatic N) is 1. The van der Waals surface area contributed by atoms with E-state index in [1.165, 1.54) is 0 Å². The minimum atomic E-state index is -0.165. The molecule has 1 aromatic carbocycles. The lowest BCUT2D eigenvalue weighted by molar-refractivity contribution is -0.126. The van der Waals surface area contributed by atoms with E-state index >= 15 is 0 Å². The standard InChI is InChI=1S/C16H24N2O3/c1-13(16(19)17-8-5-10-20-2)18-9-11-21-15-7-4-3-6-14(15)12-18/h3-4,6-7,13H,5,8-12H2,1-2H3,(H,17,19)/t13-/m0/s1. The zero-order valence-electron chi connectivity index (χ0n) is 12.8. The Labute approximate surface area is 126 Å². The first-order valence-electron chi connectivity index (χ1n) is 7.43. The van der Waals surface area contributed by atoms with Crippen molar-refractivity contribution in [1.29, 1.82) is 0 Å². The third kappa shape index (κ3) is 4.44. The second kappa shape index (κ2) is 8.00. The molecule has 2 rings (SSSR count). The molecule has 5 heteroatoms. The first kappa shape index (κ1) is 15.8. The molecule has 0 aliphatic carbocycles. The van der Waals surface area contributed by atoms with E-state index in [0.29, 0.717) is 19.8 Å². The summed E-state index contributed by atoms with van der Waals surface area (Å²) in [7, 11) is 1.67. The van der Waals surface area contributed by atoms with Crippen LogP contribution in [0.3, 0.4) is 0 Å². The molecule has 0 aromatic heterocycles. The van der Waals surface area contributed by atoms with Crippen molar-refractivity contribution in [3.63, 3.8) is 0 Å². The molecule has 1 aliphatic rings. The maximum atomic E-state index is 12.2. The number of carbonyl (C=O) groups excluding carboxylic acids is 1. The number of fused-ring (bicyclic) bond motifs is 1. The number of amides is 1. The molecule has 0 bridgehead atoms. The van der Waals surface area contributed by atoms with Gasteiger partial charge in [0.2, 0.25) is 5.91 Å². The van der Waals surface area contributed by atoms with Gasteiger partial charge in [-0.1, -0.05) is 18.2 Å². The Morgan fingerprint density at radius 2 is 2.29 bits per heavy atom. The number of hydrogen-bond acceptors (Lipinski definition) is 4. The van der Waals surface area contributed by atoms with E-state index in [9.17, 15) is 4.79 Å². The van der Waals surface area contributed by atoms with E-state index in [1.807, 2.05) is 25.1 Å². The number of methoxy groups -OCH3 is 1. The summed E-state index contributed by atoms with van der Waals surface area (Å²) in [5, 5.41) is 2.96. The largest absolute Gasteiger partial charge is 0.492 e. The molecule has 1 amide bonds. The summed E-state index contributed by atoms with van der Waals surface area (Å²) < 4.78 is 10.7. The molecule has 0 saturated carbocycles. The number of hydrogen-bond donors (Lipinski definition) is 1. The third-order valence-corrected chi connectivity index (χ3v) is 3.73. The van der Waals surface area contributed by atoms with Crippen molar-refractivity contribution in [3.8, 4) is 5.75 Å². The quantitative estimate of drug-likeness (QED) is 0.806. The molecule has 21 heavy (non-hydrogen) atoms. The average Bonchev–Trinajstić information content (AvgIpc) is 2.72. The fourth-order valence-electron chi connectivity index (χ4n) is 2.42. The summed E-state index contributed by atoms with van der Waals surface area (Å²) in [6.45, 7) is 5.36. The molecule has 116 valence electrons. The van der Waals surface area contributed by atoms with Crippen molar-refractivity contribution in [3.05, 3.63) is 29.8 Å². The van der Waals surface area contributed by atoms with Crippen molar-refractivity contribution in [2.45, 2.75) is 25.9 Å². The van der Waals surface area contributed by atoms with Crippen LogP contribution in [0.15, 0.2) is 24.3 Å². The maximum absolute atomic E-state index is 12.2. The highest BCUT2D eigenvalue weighted by Gasteiger charge is 2.24. The van der Waals surface area contributed by atoms with E-state index in [1.54, 1.807) is 7.11 Å². The van der Waals surface area contributed by atoms with Crippen LogP contribution in [-0.2, 0) is 16.1 Å². The van der Waals surface area contributed by atoms with Crippen LogP contribution in [0.25, 0.3) is 0 Å². The van der Waals surface area contributed by atoms with E-state index < -0.39 is 0 Å². The minimum Gasteiger partial charge on any atom is -0.492 e. The number of rotatable bonds is 6. The zero-order valence-corrected chi connectivity index (χ0v) is 12.8. The summed E-state index contributed by atoms with van der Waals surface area (Å²) in [6, 6.07) is 7.84. The summed E-state index contributed by atoms with van der Waals surface area (Å²) >= 11 is 0. The van der Waals surface area contributed by atoms with E-state index in [-0.39, 0.29) is 11.9 Å². The van der Waals surface area contributed by atoms with Gasteiger partial charge in [0.15, 0.2) is 0 Å². The fourth-order valence-corrected chi connectivity index (χ4v) is 2.42. The average molecular weight is 292 g/mol. The van der Waals surface area contributed by atoms with E-state index in [0.717, 1.165) is 30.8 Å². The van der Waals surface area contributed by atoms with Gasteiger partial charge in [0.1, 0.15) is 12.4 Å². The van der Waals surface area contributed by atoms with Crippen LogP contribution in [0.4, 0.5) is 0 Å². The second-order valence-corrected chi connectivity index (χ2v) is 5.24. The predicted molar refractivity (Wildman–Crippen MR) is 81.3 cm³/mol. The molecule has 1 heterocycles. The Balaban J connectivity index is 1.90. The Kier molecular flexibility index (Phi) is 6.02. The number of ether oxygens (including phenoxy) is 2.